The Hall–Kier alpha value is -11.2. The van der Waals surface area contributed by atoms with Gasteiger partial charge in [-0.3, -0.25) is 0 Å². The molecular weight excluding hydrogens is 1030 g/mol. The summed E-state index contributed by atoms with van der Waals surface area (Å²) in [5, 5.41) is 9.74. The van der Waals surface area contributed by atoms with Crippen molar-refractivity contribution in [2.75, 3.05) is 9.80 Å². The highest BCUT2D eigenvalue weighted by molar-refractivity contribution is 6.13. The molecule has 396 valence electrons. The first-order chi connectivity index (χ1) is 42.2. The average molecular weight is 1080 g/mol. The summed E-state index contributed by atoms with van der Waals surface area (Å²) in [4.78, 5) is 4.85. The molecule has 4 heteroatoms. The van der Waals surface area contributed by atoms with Crippen molar-refractivity contribution in [3.8, 4) is 33.6 Å². The lowest BCUT2D eigenvalue weighted by molar-refractivity contribution is 0.802. The lowest BCUT2D eigenvalue weighted by Crippen LogP contribution is -2.26. The summed E-state index contributed by atoms with van der Waals surface area (Å²) in [6.07, 6.45) is 0. The fourth-order valence-corrected chi connectivity index (χ4v) is 14.9. The van der Waals surface area contributed by atoms with Gasteiger partial charge >= 0.3 is 0 Å². The molecule has 0 aliphatic heterocycles. The molecule has 0 saturated heterocycles. The summed E-state index contributed by atoms with van der Waals surface area (Å²) in [6.45, 7) is 0. The average Bonchev–Trinajstić information content (AvgIpc) is 1.54. The van der Waals surface area contributed by atoms with Crippen LogP contribution in [0.4, 0.5) is 34.1 Å². The molecule has 0 saturated carbocycles. The number of hydrogen-bond acceptors (Lipinski definition) is 2. The van der Waals surface area contributed by atoms with Crippen molar-refractivity contribution >= 4 is 99.3 Å². The molecule has 18 rings (SSSR count). The first-order valence-electron chi connectivity index (χ1n) is 29.4. The van der Waals surface area contributed by atoms with Crippen LogP contribution < -0.4 is 9.80 Å². The normalized spacial score (nSPS) is 12.8. The van der Waals surface area contributed by atoms with Crippen molar-refractivity contribution in [3.63, 3.8) is 0 Å². The second-order valence-electron chi connectivity index (χ2n) is 22.8. The van der Waals surface area contributed by atoms with Crippen LogP contribution in [-0.2, 0) is 5.41 Å². The van der Waals surface area contributed by atoms with Crippen molar-refractivity contribution < 1.29 is 0 Å². The molecule has 4 nitrogen and oxygen atoms in total. The molecular formula is C81H52N4. The Morgan fingerprint density at radius 2 is 0.647 bits per heavy atom. The number of para-hydroxylation sites is 6. The minimum absolute atomic E-state index is 0.586. The first kappa shape index (κ1) is 47.4. The molecule has 0 atom stereocenters. The van der Waals surface area contributed by atoms with Crippen molar-refractivity contribution in [1.29, 1.82) is 0 Å². The molecule has 0 unspecified atom stereocenters. The van der Waals surface area contributed by atoms with E-state index in [0.29, 0.717) is 0 Å². The summed E-state index contributed by atoms with van der Waals surface area (Å²) in [5.41, 5.74) is 23.5. The van der Waals surface area contributed by atoms with Crippen LogP contribution in [0.25, 0.3) is 98.8 Å². The van der Waals surface area contributed by atoms with E-state index in [1.807, 2.05) is 0 Å². The Kier molecular flexibility index (Phi) is 10.3. The van der Waals surface area contributed by atoms with Crippen LogP contribution in [0.3, 0.4) is 0 Å². The summed E-state index contributed by atoms with van der Waals surface area (Å²) in [6, 6.07) is 117. The van der Waals surface area contributed by atoms with Crippen LogP contribution in [0.5, 0.6) is 0 Å². The quantitative estimate of drug-likeness (QED) is 0.151. The number of rotatable bonds is 8. The van der Waals surface area contributed by atoms with E-state index in [0.717, 1.165) is 45.5 Å². The topological polar surface area (TPSA) is 16.3 Å². The highest BCUT2D eigenvalue weighted by Gasteiger charge is 2.52. The Labute approximate surface area is 492 Å². The van der Waals surface area contributed by atoms with Gasteiger partial charge < -0.3 is 18.9 Å². The first-order valence-corrected chi connectivity index (χ1v) is 29.4. The number of nitrogens with zero attached hydrogens (tertiary/aromatic N) is 4. The van der Waals surface area contributed by atoms with Gasteiger partial charge in [-0.25, -0.2) is 0 Å². The second kappa shape index (κ2) is 18.4. The molecule has 16 aromatic rings. The van der Waals surface area contributed by atoms with Gasteiger partial charge in [0, 0.05) is 67.0 Å². The summed E-state index contributed by atoms with van der Waals surface area (Å²) >= 11 is 0. The third-order valence-corrected chi connectivity index (χ3v) is 18.4. The molecule has 0 amide bonds. The molecule has 85 heavy (non-hydrogen) atoms. The number of anilines is 6. The van der Waals surface area contributed by atoms with Crippen LogP contribution in [-0.4, -0.2) is 9.13 Å². The Balaban J connectivity index is 0.821. The molecule has 0 fully saturated rings. The fraction of sp³-hybridized carbons (Fsp3) is 0.0123. The fourth-order valence-electron chi connectivity index (χ4n) is 14.9. The third kappa shape index (κ3) is 6.91. The lowest BCUT2D eigenvalue weighted by atomic mass is 9.69. The largest absolute Gasteiger partial charge is 0.310 e. The van der Waals surface area contributed by atoms with E-state index in [1.54, 1.807) is 0 Å². The predicted molar refractivity (Wildman–Crippen MR) is 356 cm³/mol. The second-order valence-corrected chi connectivity index (χ2v) is 22.8. The van der Waals surface area contributed by atoms with E-state index in [-0.39, 0.29) is 0 Å². The molecule has 2 aliphatic rings. The van der Waals surface area contributed by atoms with Gasteiger partial charge in [-0.2, -0.15) is 0 Å². The highest BCUT2D eigenvalue weighted by Crippen LogP contribution is 2.65. The van der Waals surface area contributed by atoms with Crippen molar-refractivity contribution in [1.82, 2.24) is 9.13 Å². The minimum Gasteiger partial charge on any atom is -0.310 e. The van der Waals surface area contributed by atoms with E-state index in [2.05, 4.69) is 334 Å². The number of benzene rings is 14. The molecule has 14 aromatic carbocycles. The standard InChI is InChI=1S/C81H52N4/c1-5-21-56(22-6-1)82(62-41-45-78-71(51-62)67-31-15-19-35-76(67)84(78)58-25-9-3-10-26-58)60-39-37-53-49-70-69-43-38-54-47-61(40-44-64(54)80(69)81(75(70)50-55(53)48-60)73-33-17-13-29-65(73)66-30-14-18-34-74(66)81)83(57-23-7-2-8-24-57)63-42-46-79-72(52-63)68-32-16-20-36-77(68)85(79)59-27-11-4-12-28-59/h1-52H. The predicted octanol–water partition coefficient (Wildman–Crippen LogP) is 21.5. The molecule has 1 spiro atoms. The van der Waals surface area contributed by atoms with Gasteiger partial charge in [0.1, 0.15) is 0 Å². The molecule has 0 bridgehead atoms. The van der Waals surface area contributed by atoms with Crippen molar-refractivity contribution in [3.05, 3.63) is 338 Å². The smallest absolute Gasteiger partial charge is 0.0731 e. The van der Waals surface area contributed by atoms with Crippen LogP contribution in [0, 0.1) is 0 Å². The van der Waals surface area contributed by atoms with E-state index < -0.39 is 5.41 Å². The molecule has 0 radical (unpaired) electrons. The zero-order valence-corrected chi connectivity index (χ0v) is 46.3. The van der Waals surface area contributed by atoms with E-state index in [4.69, 9.17) is 0 Å². The van der Waals surface area contributed by atoms with Crippen molar-refractivity contribution in [2.24, 2.45) is 0 Å². The van der Waals surface area contributed by atoms with Crippen molar-refractivity contribution in [2.45, 2.75) is 5.41 Å². The molecule has 2 aliphatic carbocycles. The third-order valence-electron chi connectivity index (χ3n) is 18.4. The molecule has 0 N–H and O–H groups in total. The maximum absolute atomic E-state index is 2.54. The van der Waals surface area contributed by atoms with Gasteiger partial charge in [-0.1, -0.05) is 182 Å². The summed E-state index contributed by atoms with van der Waals surface area (Å²) < 4.78 is 4.78. The maximum Gasteiger partial charge on any atom is 0.0731 e. The van der Waals surface area contributed by atoms with E-state index >= 15 is 0 Å². The van der Waals surface area contributed by atoms with Crippen LogP contribution in [0.15, 0.2) is 315 Å². The van der Waals surface area contributed by atoms with Gasteiger partial charge in [-0.05, 0) is 200 Å². The molecule has 2 aromatic heterocycles. The van der Waals surface area contributed by atoms with Gasteiger partial charge in [0.05, 0.1) is 27.5 Å². The van der Waals surface area contributed by atoms with Crippen LogP contribution in [0.1, 0.15) is 22.3 Å². The number of fused-ring (bicyclic) bond motifs is 19. The van der Waals surface area contributed by atoms with Gasteiger partial charge in [0.25, 0.3) is 0 Å². The summed E-state index contributed by atoms with van der Waals surface area (Å²) in [7, 11) is 0. The van der Waals surface area contributed by atoms with Crippen LogP contribution in [0.2, 0.25) is 0 Å². The van der Waals surface area contributed by atoms with E-state index in [1.165, 1.54) is 110 Å². The Morgan fingerprint density at radius 3 is 1.20 bits per heavy atom. The SMILES string of the molecule is c1ccc(N(c2ccc3cc4c(cc3c2)C2(c3ccccc3-c3ccccc32)c2c-4ccc3cc(N(c4ccccc4)c4ccc5c(c4)c4ccccc4n5-c4ccccc4)ccc23)c2ccc3c(c2)c2ccccc2n3-c2ccccc2)cc1. The molecule has 2 heterocycles. The summed E-state index contributed by atoms with van der Waals surface area (Å²) in [5.74, 6) is 0. The van der Waals surface area contributed by atoms with Gasteiger partial charge in [-0.15, -0.1) is 0 Å². The lowest BCUT2D eigenvalue weighted by Gasteiger charge is -2.32. The van der Waals surface area contributed by atoms with Crippen LogP contribution >= 0.6 is 0 Å². The minimum atomic E-state index is -0.586. The maximum atomic E-state index is 2.54. The monoisotopic (exact) mass is 1080 g/mol. The number of hydrogen-bond donors (Lipinski definition) is 0. The zero-order chi connectivity index (χ0) is 55.7. The Morgan fingerprint density at radius 1 is 0.224 bits per heavy atom. The zero-order valence-electron chi connectivity index (χ0n) is 46.3. The highest BCUT2D eigenvalue weighted by atomic mass is 15.1. The van der Waals surface area contributed by atoms with E-state index in [9.17, 15) is 0 Å². The van der Waals surface area contributed by atoms with Gasteiger partial charge in [0.2, 0.25) is 0 Å². The van der Waals surface area contributed by atoms with Gasteiger partial charge in [0.15, 0.2) is 0 Å². The number of aromatic nitrogens is 2. The Bertz CT molecular complexity index is 5320.